The highest BCUT2D eigenvalue weighted by Gasteiger charge is 2.23. The number of thioether (sulfide) groups is 1. The number of urea groups is 1. The average Bonchev–Trinajstić information content (AvgIpc) is 2.85. The van der Waals surface area contributed by atoms with Gasteiger partial charge in [-0.3, -0.25) is 0 Å². The Bertz CT molecular complexity index is 774. The minimum absolute atomic E-state index is 0.0592. The van der Waals surface area contributed by atoms with Gasteiger partial charge < -0.3 is 10.2 Å². The summed E-state index contributed by atoms with van der Waals surface area (Å²) in [6.45, 7) is 1.18. The van der Waals surface area contributed by atoms with Gasteiger partial charge in [0.2, 0.25) is 0 Å². The summed E-state index contributed by atoms with van der Waals surface area (Å²) in [5, 5.41) is 3.73. The van der Waals surface area contributed by atoms with Crippen molar-refractivity contribution in [2.75, 3.05) is 24.2 Å². The molecule has 2 aromatic rings. The zero-order valence-corrected chi connectivity index (χ0v) is 15.7. The van der Waals surface area contributed by atoms with Crippen LogP contribution in [-0.2, 0) is 0 Å². The summed E-state index contributed by atoms with van der Waals surface area (Å²) in [4.78, 5) is 14.2. The molecule has 0 spiro atoms. The van der Waals surface area contributed by atoms with Crippen molar-refractivity contribution in [1.82, 2.24) is 4.90 Å². The molecule has 1 aliphatic rings. The molecule has 1 fully saturated rings. The van der Waals surface area contributed by atoms with E-state index in [-0.39, 0.29) is 17.1 Å². The van der Waals surface area contributed by atoms with E-state index in [1.54, 1.807) is 40.9 Å². The quantitative estimate of drug-likeness (QED) is 0.688. The number of hydrogen-bond donors (Lipinski definition) is 1. The van der Waals surface area contributed by atoms with Crippen LogP contribution in [0.15, 0.2) is 42.5 Å². The third-order valence-electron chi connectivity index (χ3n) is 4.05. The molecule has 0 aromatic heterocycles. The van der Waals surface area contributed by atoms with Crippen molar-refractivity contribution in [3.8, 4) is 0 Å². The molecule has 0 aliphatic carbocycles. The fourth-order valence-corrected chi connectivity index (χ4v) is 4.29. The minimum atomic E-state index is -0.187. The summed E-state index contributed by atoms with van der Waals surface area (Å²) in [5.41, 5.74) is 1.31. The molecule has 1 N–H and O–H groups in total. The third-order valence-corrected chi connectivity index (χ3v) is 6.10. The molecule has 25 heavy (non-hydrogen) atoms. The fraction of sp³-hybridized carbons (Fsp3) is 0.278. The van der Waals surface area contributed by atoms with Gasteiger partial charge in [0.1, 0.15) is 5.82 Å². The van der Waals surface area contributed by atoms with Crippen LogP contribution in [0.2, 0.25) is 10.0 Å². The second-order valence-electron chi connectivity index (χ2n) is 5.72. The molecular formula is C18H17Cl2FN2OS. The lowest BCUT2D eigenvalue weighted by Gasteiger charge is -2.21. The molecule has 1 atom stereocenters. The average molecular weight is 399 g/mol. The predicted molar refractivity (Wildman–Crippen MR) is 103 cm³/mol. The summed E-state index contributed by atoms with van der Waals surface area (Å²) in [6, 6.07) is 11.6. The van der Waals surface area contributed by atoms with E-state index in [9.17, 15) is 9.18 Å². The van der Waals surface area contributed by atoms with Crippen molar-refractivity contribution in [3.05, 3.63) is 63.9 Å². The summed E-state index contributed by atoms with van der Waals surface area (Å²) >= 11 is 13.5. The second kappa shape index (κ2) is 8.30. The molecule has 1 unspecified atom stereocenters. The molecule has 1 aliphatic heterocycles. The first-order chi connectivity index (χ1) is 12.0. The van der Waals surface area contributed by atoms with Crippen LogP contribution in [0.1, 0.15) is 17.2 Å². The van der Waals surface area contributed by atoms with Gasteiger partial charge in [-0.05, 0) is 30.7 Å². The first-order valence-electron chi connectivity index (χ1n) is 7.91. The Morgan fingerprint density at radius 3 is 2.72 bits per heavy atom. The van der Waals surface area contributed by atoms with E-state index in [1.165, 1.54) is 6.07 Å². The predicted octanol–water partition coefficient (Wildman–Crippen LogP) is 5.84. The van der Waals surface area contributed by atoms with Crippen LogP contribution in [0, 0.1) is 5.82 Å². The summed E-state index contributed by atoms with van der Waals surface area (Å²) < 4.78 is 14.0. The van der Waals surface area contributed by atoms with Crippen LogP contribution in [0.4, 0.5) is 14.9 Å². The zero-order chi connectivity index (χ0) is 17.8. The highest BCUT2D eigenvalue weighted by Crippen LogP contribution is 2.35. The summed E-state index contributed by atoms with van der Waals surface area (Å²) in [6.07, 6.45) is 0.709. The van der Waals surface area contributed by atoms with Crippen molar-refractivity contribution in [3.63, 3.8) is 0 Å². The van der Waals surface area contributed by atoms with Crippen LogP contribution in [0.5, 0.6) is 0 Å². The number of rotatable bonds is 2. The van der Waals surface area contributed by atoms with Crippen molar-refractivity contribution in [1.29, 1.82) is 0 Å². The lowest BCUT2D eigenvalue weighted by atomic mass is 10.1. The molecule has 3 nitrogen and oxygen atoms in total. The van der Waals surface area contributed by atoms with Gasteiger partial charge in [-0.1, -0.05) is 41.4 Å². The van der Waals surface area contributed by atoms with Gasteiger partial charge in [-0.25, -0.2) is 9.18 Å². The number of nitrogens with zero attached hydrogens (tertiary/aromatic N) is 1. The number of hydrogen-bond acceptors (Lipinski definition) is 2. The number of carbonyl (C=O) groups excluding carboxylic acids is 1. The Morgan fingerprint density at radius 1 is 1.16 bits per heavy atom. The number of benzene rings is 2. The van der Waals surface area contributed by atoms with Crippen LogP contribution < -0.4 is 5.32 Å². The molecular weight excluding hydrogens is 382 g/mol. The highest BCUT2D eigenvalue weighted by molar-refractivity contribution is 7.99. The molecule has 3 rings (SSSR count). The van der Waals surface area contributed by atoms with Crippen molar-refractivity contribution in [2.24, 2.45) is 0 Å². The van der Waals surface area contributed by atoms with E-state index in [1.807, 2.05) is 12.1 Å². The third kappa shape index (κ3) is 4.60. The van der Waals surface area contributed by atoms with Gasteiger partial charge in [0.05, 0.1) is 10.0 Å². The topological polar surface area (TPSA) is 32.3 Å². The zero-order valence-electron chi connectivity index (χ0n) is 13.3. The number of nitrogens with one attached hydrogen (secondary N) is 1. The van der Waals surface area contributed by atoms with E-state index in [4.69, 9.17) is 23.2 Å². The van der Waals surface area contributed by atoms with E-state index in [0.717, 1.165) is 5.75 Å². The summed E-state index contributed by atoms with van der Waals surface area (Å²) in [7, 11) is 0. The van der Waals surface area contributed by atoms with Gasteiger partial charge in [0.15, 0.2) is 0 Å². The molecule has 0 radical (unpaired) electrons. The number of anilines is 1. The highest BCUT2D eigenvalue weighted by atomic mass is 35.5. The Morgan fingerprint density at radius 2 is 1.96 bits per heavy atom. The molecule has 0 saturated carbocycles. The van der Waals surface area contributed by atoms with Gasteiger partial charge in [-0.2, -0.15) is 11.8 Å². The minimum Gasteiger partial charge on any atom is -0.324 e. The Hall–Kier alpha value is -1.43. The number of carbonyl (C=O) groups is 1. The lowest BCUT2D eigenvalue weighted by molar-refractivity contribution is 0.215. The smallest absolute Gasteiger partial charge is 0.321 e. The molecule has 1 heterocycles. The van der Waals surface area contributed by atoms with E-state index < -0.39 is 0 Å². The molecule has 2 aromatic carbocycles. The lowest BCUT2D eigenvalue weighted by Crippen LogP contribution is -2.36. The maximum Gasteiger partial charge on any atom is 0.321 e. The van der Waals surface area contributed by atoms with Crippen LogP contribution in [-0.4, -0.2) is 29.8 Å². The first kappa shape index (κ1) is 18.4. The Kier molecular flexibility index (Phi) is 6.10. The molecule has 0 bridgehead atoms. The van der Waals surface area contributed by atoms with Gasteiger partial charge in [0.25, 0.3) is 0 Å². The molecule has 2 amide bonds. The number of halogens is 3. The van der Waals surface area contributed by atoms with Crippen molar-refractivity contribution >= 4 is 46.7 Å². The SMILES string of the molecule is O=C(Nc1ccc(Cl)c(Cl)c1)N1CCSC(c2ccccc2F)CC1. The first-order valence-corrected chi connectivity index (χ1v) is 9.72. The maximum atomic E-state index is 14.0. The monoisotopic (exact) mass is 398 g/mol. The van der Waals surface area contributed by atoms with Crippen molar-refractivity contribution in [2.45, 2.75) is 11.7 Å². The Labute approximate surface area is 160 Å². The maximum absolute atomic E-state index is 14.0. The normalized spacial score (nSPS) is 17.9. The van der Waals surface area contributed by atoms with E-state index >= 15 is 0 Å². The van der Waals surface area contributed by atoms with Crippen LogP contribution >= 0.6 is 35.0 Å². The number of amides is 2. The molecule has 132 valence electrons. The van der Waals surface area contributed by atoms with Crippen LogP contribution in [0.25, 0.3) is 0 Å². The molecule has 1 saturated heterocycles. The van der Waals surface area contributed by atoms with E-state index in [2.05, 4.69) is 5.32 Å². The molecule has 7 heteroatoms. The van der Waals surface area contributed by atoms with Crippen LogP contribution in [0.3, 0.4) is 0 Å². The van der Waals surface area contributed by atoms with Gasteiger partial charge >= 0.3 is 6.03 Å². The Balaban J connectivity index is 1.63. The van der Waals surface area contributed by atoms with Gasteiger partial charge in [-0.15, -0.1) is 0 Å². The van der Waals surface area contributed by atoms with Crippen molar-refractivity contribution < 1.29 is 9.18 Å². The summed E-state index contributed by atoms with van der Waals surface area (Å²) in [5.74, 6) is 0.571. The largest absolute Gasteiger partial charge is 0.324 e. The standard InChI is InChI=1S/C18H17Cl2FN2OS/c19-14-6-5-12(11-15(14)20)22-18(24)23-8-7-17(25-10-9-23)13-3-1-2-4-16(13)21/h1-6,11,17H,7-10H2,(H,22,24). The van der Waals surface area contributed by atoms with E-state index in [0.29, 0.717) is 40.8 Å². The van der Waals surface area contributed by atoms with Gasteiger partial charge in [0, 0.05) is 35.3 Å². The second-order valence-corrected chi connectivity index (χ2v) is 7.84. The fourth-order valence-electron chi connectivity index (χ4n) is 2.73.